The summed E-state index contributed by atoms with van der Waals surface area (Å²) in [6, 6.07) is 10.6. The lowest BCUT2D eigenvalue weighted by atomic mass is 9.97. The van der Waals surface area contributed by atoms with Crippen molar-refractivity contribution in [2.45, 2.75) is 25.9 Å². The molecule has 0 saturated heterocycles. The second-order valence-electron chi connectivity index (χ2n) is 7.52. The Morgan fingerprint density at radius 3 is 2.25 bits per heavy atom. The van der Waals surface area contributed by atoms with E-state index in [1.54, 1.807) is 25.1 Å². The van der Waals surface area contributed by atoms with Crippen molar-refractivity contribution in [3.05, 3.63) is 87.2 Å². The second kappa shape index (κ2) is 8.63. The van der Waals surface area contributed by atoms with Crippen LogP contribution in [0.4, 0.5) is 18.9 Å². The first-order valence-electron chi connectivity index (χ1n) is 9.45. The minimum absolute atomic E-state index is 0.136. The summed E-state index contributed by atoms with van der Waals surface area (Å²) in [7, 11) is -3.44. The fraction of sp³-hybridized carbons (Fsp3) is 0.227. The molecule has 1 aromatic heterocycles. The van der Waals surface area contributed by atoms with Crippen LogP contribution >= 0.6 is 11.6 Å². The summed E-state index contributed by atoms with van der Waals surface area (Å²) in [5, 5.41) is 0.342. The number of aromatic amines is 1. The van der Waals surface area contributed by atoms with E-state index in [-0.39, 0.29) is 17.2 Å². The molecule has 0 aliphatic rings. The molecule has 0 spiro atoms. The lowest BCUT2D eigenvalue weighted by molar-refractivity contribution is -0.137. The van der Waals surface area contributed by atoms with Crippen LogP contribution in [0.5, 0.6) is 0 Å². The van der Waals surface area contributed by atoms with Gasteiger partial charge in [0.25, 0.3) is 0 Å². The summed E-state index contributed by atoms with van der Waals surface area (Å²) in [6.45, 7) is 3.59. The standard InChI is InChI=1S/C22H20ClF3N2O3S/c1-12-10-19(13(2)17-9-8-16(11-18(17)23)28-32(3,30)31)27-20(12)21(29)14-4-6-15(7-5-14)22(24,25)26/h4-11,13,27-28H,1-3H3. The minimum Gasteiger partial charge on any atom is -0.355 e. The maximum absolute atomic E-state index is 12.8. The Morgan fingerprint density at radius 2 is 1.72 bits per heavy atom. The molecule has 2 aromatic carbocycles. The summed E-state index contributed by atoms with van der Waals surface area (Å²) >= 11 is 6.35. The first-order chi connectivity index (χ1) is 14.8. The summed E-state index contributed by atoms with van der Waals surface area (Å²) < 4.78 is 63.4. The van der Waals surface area contributed by atoms with E-state index in [1.807, 2.05) is 6.92 Å². The number of carbonyl (C=O) groups is 1. The van der Waals surface area contributed by atoms with E-state index in [4.69, 9.17) is 11.6 Å². The number of hydrogen-bond donors (Lipinski definition) is 2. The number of aromatic nitrogens is 1. The molecule has 0 amide bonds. The van der Waals surface area contributed by atoms with Crippen LogP contribution in [0.25, 0.3) is 0 Å². The number of H-pyrrole nitrogens is 1. The molecule has 1 heterocycles. The fourth-order valence-corrected chi connectivity index (χ4v) is 4.23. The van der Waals surface area contributed by atoms with Gasteiger partial charge in [-0.2, -0.15) is 13.2 Å². The molecule has 3 rings (SSSR count). The minimum atomic E-state index is -4.47. The number of alkyl halides is 3. The molecule has 5 nitrogen and oxygen atoms in total. The van der Waals surface area contributed by atoms with Crippen LogP contribution in [0.2, 0.25) is 5.02 Å². The Hall–Kier alpha value is -2.78. The van der Waals surface area contributed by atoms with Crippen LogP contribution in [0, 0.1) is 6.92 Å². The van der Waals surface area contributed by atoms with Crippen LogP contribution in [0.1, 0.15) is 51.3 Å². The van der Waals surface area contributed by atoms with Crippen LogP contribution < -0.4 is 4.72 Å². The highest BCUT2D eigenvalue weighted by Gasteiger charge is 2.30. The molecule has 0 aliphatic heterocycles. The van der Waals surface area contributed by atoms with Gasteiger partial charge in [0.2, 0.25) is 15.8 Å². The van der Waals surface area contributed by atoms with Crippen molar-refractivity contribution in [3.8, 4) is 0 Å². The normalized spacial score (nSPS) is 13.1. The number of aryl methyl sites for hydroxylation is 1. The molecule has 1 unspecified atom stereocenters. The van der Waals surface area contributed by atoms with Crippen LogP contribution in [0.15, 0.2) is 48.5 Å². The zero-order valence-corrected chi connectivity index (χ0v) is 18.9. The van der Waals surface area contributed by atoms with E-state index in [1.165, 1.54) is 6.07 Å². The van der Waals surface area contributed by atoms with E-state index < -0.39 is 27.5 Å². The molecule has 170 valence electrons. The van der Waals surface area contributed by atoms with E-state index in [9.17, 15) is 26.4 Å². The molecule has 0 saturated carbocycles. The molecule has 2 N–H and O–H groups in total. The average molecular weight is 485 g/mol. The summed E-state index contributed by atoms with van der Waals surface area (Å²) in [5.41, 5.74) is 1.95. The van der Waals surface area contributed by atoms with Gasteiger partial charge in [0.15, 0.2) is 0 Å². The lowest BCUT2D eigenvalue weighted by Gasteiger charge is -2.14. The molecule has 0 radical (unpaired) electrons. The first kappa shape index (κ1) is 23.9. The van der Waals surface area contributed by atoms with Crippen LogP contribution in [-0.4, -0.2) is 25.4 Å². The van der Waals surface area contributed by atoms with Crippen molar-refractivity contribution >= 4 is 33.1 Å². The predicted molar refractivity (Wildman–Crippen MR) is 118 cm³/mol. The van der Waals surface area contributed by atoms with Crippen molar-refractivity contribution in [2.75, 3.05) is 11.0 Å². The van der Waals surface area contributed by atoms with Gasteiger partial charge in [0, 0.05) is 27.9 Å². The van der Waals surface area contributed by atoms with Crippen molar-refractivity contribution in [3.63, 3.8) is 0 Å². The van der Waals surface area contributed by atoms with Gasteiger partial charge in [-0.25, -0.2) is 8.42 Å². The zero-order valence-electron chi connectivity index (χ0n) is 17.3. The van der Waals surface area contributed by atoms with E-state index >= 15 is 0 Å². The maximum atomic E-state index is 12.8. The molecule has 32 heavy (non-hydrogen) atoms. The van der Waals surface area contributed by atoms with Gasteiger partial charge in [-0.15, -0.1) is 0 Å². The number of ketones is 1. The van der Waals surface area contributed by atoms with E-state index in [0.717, 1.165) is 30.5 Å². The average Bonchev–Trinajstić information content (AvgIpc) is 3.07. The molecule has 3 aromatic rings. The molecule has 0 bridgehead atoms. The van der Waals surface area contributed by atoms with Gasteiger partial charge in [0.1, 0.15) is 0 Å². The van der Waals surface area contributed by atoms with Gasteiger partial charge in [0.05, 0.1) is 17.5 Å². The molecular formula is C22H20ClF3N2O3S. The van der Waals surface area contributed by atoms with Gasteiger partial charge in [-0.05, 0) is 48.4 Å². The predicted octanol–water partition coefficient (Wildman–Crippen LogP) is 5.75. The van der Waals surface area contributed by atoms with E-state index in [2.05, 4.69) is 9.71 Å². The summed E-state index contributed by atoms with van der Waals surface area (Å²) in [6.07, 6.45) is -3.44. The highest BCUT2D eigenvalue weighted by atomic mass is 35.5. The third kappa shape index (κ3) is 5.34. The SMILES string of the molecule is Cc1cc(C(C)c2ccc(NS(C)(=O)=O)cc2Cl)[nH]c1C(=O)c1ccc(C(F)(F)F)cc1. The molecular weight excluding hydrogens is 465 g/mol. The number of anilines is 1. The number of carbonyl (C=O) groups excluding carboxylic acids is 1. The van der Waals surface area contributed by atoms with Crippen molar-refractivity contribution in [1.82, 2.24) is 4.98 Å². The van der Waals surface area contributed by atoms with Crippen LogP contribution in [-0.2, 0) is 16.2 Å². The molecule has 0 aliphatic carbocycles. The largest absolute Gasteiger partial charge is 0.416 e. The Morgan fingerprint density at radius 1 is 1.09 bits per heavy atom. The first-order valence-corrected chi connectivity index (χ1v) is 11.7. The third-order valence-corrected chi connectivity index (χ3v) is 5.91. The van der Waals surface area contributed by atoms with Crippen molar-refractivity contribution in [2.24, 2.45) is 0 Å². The highest BCUT2D eigenvalue weighted by molar-refractivity contribution is 7.92. The number of sulfonamides is 1. The van der Waals surface area contributed by atoms with Gasteiger partial charge in [-0.3, -0.25) is 9.52 Å². The molecule has 0 fully saturated rings. The smallest absolute Gasteiger partial charge is 0.355 e. The monoisotopic (exact) mass is 484 g/mol. The number of rotatable bonds is 6. The second-order valence-corrected chi connectivity index (χ2v) is 9.67. The Kier molecular flexibility index (Phi) is 6.44. The van der Waals surface area contributed by atoms with Crippen molar-refractivity contribution < 1.29 is 26.4 Å². The third-order valence-electron chi connectivity index (χ3n) is 4.97. The Bertz CT molecular complexity index is 1270. The maximum Gasteiger partial charge on any atom is 0.416 e. The number of benzene rings is 2. The van der Waals surface area contributed by atoms with Gasteiger partial charge in [-0.1, -0.05) is 36.7 Å². The quantitative estimate of drug-likeness (QED) is 0.437. The Labute approximate surface area is 188 Å². The van der Waals surface area contributed by atoms with Gasteiger partial charge >= 0.3 is 6.18 Å². The van der Waals surface area contributed by atoms with Gasteiger partial charge < -0.3 is 4.98 Å². The van der Waals surface area contributed by atoms with Crippen LogP contribution in [0.3, 0.4) is 0 Å². The number of hydrogen-bond acceptors (Lipinski definition) is 3. The topological polar surface area (TPSA) is 79.0 Å². The Balaban J connectivity index is 1.87. The number of nitrogens with one attached hydrogen (secondary N) is 2. The summed E-state index contributed by atoms with van der Waals surface area (Å²) in [4.78, 5) is 15.9. The number of halogens is 4. The van der Waals surface area contributed by atoms with Crippen molar-refractivity contribution in [1.29, 1.82) is 0 Å². The van der Waals surface area contributed by atoms with E-state index in [0.29, 0.717) is 27.5 Å². The lowest BCUT2D eigenvalue weighted by Crippen LogP contribution is -2.10. The molecule has 1 atom stereocenters. The summed E-state index contributed by atoms with van der Waals surface area (Å²) in [5.74, 6) is -0.684. The zero-order chi connectivity index (χ0) is 23.8. The fourth-order valence-electron chi connectivity index (χ4n) is 3.33. The highest BCUT2D eigenvalue weighted by Crippen LogP contribution is 2.33. The molecule has 10 heteroatoms.